The molecule has 0 saturated carbocycles. The van der Waals surface area contributed by atoms with Gasteiger partial charge in [0.05, 0.1) is 0 Å². The molecule has 1 aliphatic rings. The zero-order valence-corrected chi connectivity index (χ0v) is 16.3. The molecule has 9 heteroatoms. The number of fused-ring (bicyclic) bond motifs is 1. The van der Waals surface area contributed by atoms with Gasteiger partial charge in [0.25, 0.3) is 0 Å². The third kappa shape index (κ3) is 4.73. The molecule has 0 amide bonds. The fraction of sp³-hybridized carbons (Fsp3) is 0.571. The number of hydrogen-bond donors (Lipinski definition) is 2. The zero-order chi connectivity index (χ0) is 16.4. The Hall–Kier alpha value is -0.540. The number of nitrogens with one attached hydrogen (secondary N) is 1. The van der Waals surface area contributed by atoms with Gasteiger partial charge in [0.2, 0.25) is 10.0 Å². The van der Waals surface area contributed by atoms with Gasteiger partial charge >= 0.3 is 0 Å². The van der Waals surface area contributed by atoms with Crippen molar-refractivity contribution in [3.05, 3.63) is 16.6 Å². The first-order valence-electron chi connectivity index (χ1n) is 7.19. The highest BCUT2D eigenvalue weighted by molar-refractivity contribution is 9.10. The Balaban J connectivity index is 0.00000264. The summed E-state index contributed by atoms with van der Waals surface area (Å²) in [5, 5.41) is 0. The van der Waals surface area contributed by atoms with Crippen molar-refractivity contribution in [1.29, 1.82) is 0 Å². The van der Waals surface area contributed by atoms with Crippen molar-refractivity contribution in [3.63, 3.8) is 0 Å². The average Bonchev–Trinajstić information content (AvgIpc) is 2.52. The van der Waals surface area contributed by atoms with Crippen LogP contribution in [0.5, 0.6) is 11.5 Å². The van der Waals surface area contributed by atoms with Crippen molar-refractivity contribution < 1.29 is 17.9 Å². The molecule has 0 radical (unpaired) electrons. The number of hydrogen-bond acceptors (Lipinski definition) is 5. The summed E-state index contributed by atoms with van der Waals surface area (Å²) in [4.78, 5) is 0.117. The van der Waals surface area contributed by atoms with Gasteiger partial charge in [-0.2, -0.15) is 0 Å². The molecule has 1 heterocycles. The van der Waals surface area contributed by atoms with Gasteiger partial charge < -0.3 is 15.2 Å². The molecule has 0 fully saturated rings. The van der Waals surface area contributed by atoms with Crippen molar-refractivity contribution in [2.75, 3.05) is 19.8 Å². The van der Waals surface area contributed by atoms with E-state index in [0.29, 0.717) is 42.0 Å². The number of benzene rings is 1. The first-order chi connectivity index (χ1) is 10.3. The average molecular weight is 430 g/mol. The summed E-state index contributed by atoms with van der Waals surface area (Å²) in [6.45, 7) is 4.92. The molecule has 132 valence electrons. The third-order valence-corrected chi connectivity index (χ3v) is 6.27. The highest BCUT2D eigenvalue weighted by Crippen LogP contribution is 2.37. The van der Waals surface area contributed by atoms with Crippen LogP contribution >= 0.6 is 28.3 Å². The van der Waals surface area contributed by atoms with E-state index in [0.717, 1.165) is 0 Å². The fourth-order valence-electron chi connectivity index (χ4n) is 2.07. The smallest absolute Gasteiger partial charge is 0.241 e. The van der Waals surface area contributed by atoms with E-state index in [9.17, 15) is 8.42 Å². The third-order valence-electron chi connectivity index (χ3n) is 3.91. The maximum atomic E-state index is 12.5. The molecule has 0 aliphatic carbocycles. The molecular weight excluding hydrogens is 408 g/mol. The monoisotopic (exact) mass is 428 g/mol. The van der Waals surface area contributed by atoms with Crippen LogP contribution in [0.3, 0.4) is 0 Å². The second-order valence-corrected chi connectivity index (χ2v) is 7.91. The molecule has 1 aliphatic heterocycles. The Labute approximate surface area is 151 Å². The Bertz CT molecular complexity index is 650. The number of sulfonamides is 1. The van der Waals surface area contributed by atoms with Gasteiger partial charge in [0.15, 0.2) is 11.5 Å². The van der Waals surface area contributed by atoms with Crippen LogP contribution < -0.4 is 19.9 Å². The Morgan fingerprint density at radius 3 is 2.26 bits per heavy atom. The second-order valence-electron chi connectivity index (χ2n) is 5.32. The van der Waals surface area contributed by atoms with Gasteiger partial charge in [-0.15, -0.1) is 12.4 Å². The van der Waals surface area contributed by atoms with Gasteiger partial charge in [-0.3, -0.25) is 0 Å². The minimum atomic E-state index is -3.69. The molecule has 0 spiro atoms. The molecule has 0 unspecified atom stereocenters. The van der Waals surface area contributed by atoms with E-state index >= 15 is 0 Å². The molecule has 2 rings (SSSR count). The minimum absolute atomic E-state index is 0. The van der Waals surface area contributed by atoms with Crippen LogP contribution in [0.15, 0.2) is 21.5 Å². The van der Waals surface area contributed by atoms with E-state index < -0.39 is 15.6 Å². The summed E-state index contributed by atoms with van der Waals surface area (Å²) < 4.78 is 38.9. The van der Waals surface area contributed by atoms with Crippen LogP contribution in [0.2, 0.25) is 0 Å². The Morgan fingerprint density at radius 1 is 1.22 bits per heavy atom. The zero-order valence-electron chi connectivity index (χ0n) is 13.1. The highest BCUT2D eigenvalue weighted by Gasteiger charge is 2.27. The van der Waals surface area contributed by atoms with E-state index in [1.807, 2.05) is 13.8 Å². The Morgan fingerprint density at radius 2 is 1.74 bits per heavy atom. The second kappa shape index (κ2) is 8.02. The summed E-state index contributed by atoms with van der Waals surface area (Å²) in [5.74, 6) is 0.965. The van der Waals surface area contributed by atoms with Gasteiger partial charge in [-0.25, -0.2) is 13.1 Å². The molecule has 1 aromatic carbocycles. The lowest BCUT2D eigenvalue weighted by Crippen LogP contribution is -2.49. The van der Waals surface area contributed by atoms with Crippen molar-refractivity contribution in [2.24, 2.45) is 5.73 Å². The van der Waals surface area contributed by atoms with Crippen LogP contribution in [0.25, 0.3) is 0 Å². The van der Waals surface area contributed by atoms with Crippen molar-refractivity contribution >= 4 is 38.4 Å². The lowest BCUT2D eigenvalue weighted by molar-refractivity contribution is 0.171. The lowest BCUT2D eigenvalue weighted by atomic mass is 9.95. The number of halogens is 2. The standard InChI is InChI=1S/C14H21BrN2O4S.ClH/c1-3-14(16,4-2)9-17-22(18,19)13-8-12-11(7-10(13)15)20-5-6-21-12;/h7-8,17H,3-6,9,16H2,1-2H3;1H. The molecular formula is C14H22BrClN2O4S. The summed E-state index contributed by atoms with van der Waals surface area (Å²) in [6.07, 6.45) is 1.38. The lowest BCUT2D eigenvalue weighted by Gasteiger charge is -2.27. The molecule has 0 saturated heterocycles. The first-order valence-corrected chi connectivity index (χ1v) is 9.46. The minimum Gasteiger partial charge on any atom is -0.486 e. The molecule has 0 aromatic heterocycles. The van der Waals surface area contributed by atoms with E-state index in [-0.39, 0.29) is 23.8 Å². The number of rotatable bonds is 6. The van der Waals surface area contributed by atoms with Crippen molar-refractivity contribution in [3.8, 4) is 11.5 Å². The topological polar surface area (TPSA) is 90.7 Å². The summed E-state index contributed by atoms with van der Waals surface area (Å²) in [6, 6.07) is 3.08. The molecule has 3 N–H and O–H groups in total. The molecule has 1 aromatic rings. The van der Waals surface area contributed by atoms with Crippen LogP contribution in [0.4, 0.5) is 0 Å². The maximum Gasteiger partial charge on any atom is 0.241 e. The van der Waals surface area contributed by atoms with Crippen LogP contribution in [0, 0.1) is 0 Å². The van der Waals surface area contributed by atoms with Crippen LogP contribution in [0.1, 0.15) is 26.7 Å². The normalized spacial score (nSPS) is 14.3. The van der Waals surface area contributed by atoms with E-state index in [4.69, 9.17) is 15.2 Å². The van der Waals surface area contributed by atoms with Crippen LogP contribution in [-0.4, -0.2) is 33.7 Å². The van der Waals surface area contributed by atoms with E-state index in [1.165, 1.54) is 6.07 Å². The summed E-state index contributed by atoms with van der Waals surface area (Å²) >= 11 is 3.28. The quantitative estimate of drug-likeness (QED) is 0.725. The van der Waals surface area contributed by atoms with E-state index in [1.54, 1.807) is 6.07 Å². The van der Waals surface area contributed by atoms with Crippen molar-refractivity contribution in [2.45, 2.75) is 37.1 Å². The first kappa shape index (κ1) is 20.5. The molecule has 6 nitrogen and oxygen atoms in total. The predicted molar refractivity (Wildman–Crippen MR) is 95.1 cm³/mol. The largest absolute Gasteiger partial charge is 0.486 e. The molecule has 0 bridgehead atoms. The molecule has 23 heavy (non-hydrogen) atoms. The van der Waals surface area contributed by atoms with Gasteiger partial charge in [0.1, 0.15) is 18.1 Å². The van der Waals surface area contributed by atoms with Crippen molar-refractivity contribution in [1.82, 2.24) is 4.72 Å². The summed E-state index contributed by atoms with van der Waals surface area (Å²) in [7, 11) is -3.69. The number of nitrogens with two attached hydrogens (primary N) is 1. The summed E-state index contributed by atoms with van der Waals surface area (Å²) in [5.41, 5.74) is 5.60. The Kier molecular flexibility index (Phi) is 7.15. The van der Waals surface area contributed by atoms with Gasteiger partial charge in [-0.05, 0) is 34.8 Å². The van der Waals surface area contributed by atoms with Gasteiger partial charge in [0, 0.05) is 22.6 Å². The fourth-order valence-corrected chi connectivity index (χ4v) is 4.24. The SMILES string of the molecule is CCC(N)(CC)CNS(=O)(=O)c1cc2c(cc1Br)OCCO2.Cl. The maximum absolute atomic E-state index is 12.5. The number of ether oxygens (including phenoxy) is 2. The predicted octanol–water partition coefficient (Wildman–Crippen LogP) is 2.44. The molecule has 0 atom stereocenters. The van der Waals surface area contributed by atoms with E-state index in [2.05, 4.69) is 20.7 Å². The highest BCUT2D eigenvalue weighted by atomic mass is 79.9. The van der Waals surface area contributed by atoms with Crippen LogP contribution in [-0.2, 0) is 10.0 Å². The van der Waals surface area contributed by atoms with Gasteiger partial charge in [-0.1, -0.05) is 13.8 Å².